The van der Waals surface area contributed by atoms with Crippen LogP contribution in [0, 0.1) is 17.8 Å². The Bertz CT molecular complexity index is 2350. The van der Waals surface area contributed by atoms with Gasteiger partial charge in [0, 0.05) is 51.9 Å². The van der Waals surface area contributed by atoms with Gasteiger partial charge in [0.25, 0.3) is 0 Å². The lowest BCUT2D eigenvalue weighted by molar-refractivity contribution is -0.144. The molecule has 4 atom stereocenters. The molecule has 0 spiro atoms. The number of esters is 2. The first-order valence-electron chi connectivity index (χ1n) is 21.0. The second-order valence-corrected chi connectivity index (χ2v) is 16.8. The molecule has 10 nitrogen and oxygen atoms in total. The third kappa shape index (κ3) is 8.80. The summed E-state index contributed by atoms with van der Waals surface area (Å²) in [6.45, 7) is 22.4. The Kier molecular flexibility index (Phi) is 13.4. The maximum Gasteiger partial charge on any atom is 0.321 e. The summed E-state index contributed by atoms with van der Waals surface area (Å²) >= 11 is 0. The highest BCUT2D eigenvalue weighted by molar-refractivity contribution is 6.24. The topological polar surface area (TPSA) is 142 Å². The number of carbonyl (C=O) groups is 2. The number of aliphatic imine (C=N–C) groups is 3. The normalized spacial score (nSPS) is 23.0. The van der Waals surface area contributed by atoms with E-state index in [1.165, 1.54) is 23.8 Å². The molecule has 5 aliphatic heterocycles. The molecule has 6 aliphatic rings. The van der Waals surface area contributed by atoms with Gasteiger partial charge in [-0.05, 0) is 129 Å². The van der Waals surface area contributed by atoms with Crippen LogP contribution in [0.25, 0.3) is 0 Å². The molecule has 0 aromatic rings. The van der Waals surface area contributed by atoms with Crippen molar-refractivity contribution < 1.29 is 29.3 Å². The summed E-state index contributed by atoms with van der Waals surface area (Å²) in [6, 6.07) is 0. The summed E-state index contributed by atoms with van der Waals surface area (Å²) in [5.74, 6) is -2.63. The molecular formula is C50H60N4O6. The number of rotatable bonds is 14. The summed E-state index contributed by atoms with van der Waals surface area (Å²) in [5.41, 5.74) is 14.0. The fourth-order valence-corrected chi connectivity index (χ4v) is 8.78. The molecule has 1 aliphatic carbocycles. The number of hydrogen-bond acceptors (Lipinski definition) is 10. The smallest absolute Gasteiger partial charge is 0.321 e. The van der Waals surface area contributed by atoms with Gasteiger partial charge in [-0.3, -0.25) is 9.59 Å². The number of fused-ring (bicyclic) bond motifs is 5. The van der Waals surface area contributed by atoms with E-state index in [2.05, 4.69) is 58.7 Å². The zero-order chi connectivity index (χ0) is 43.6. The van der Waals surface area contributed by atoms with Gasteiger partial charge in [-0.15, -0.1) is 0 Å². The standard InChI is InChI=1S/C50H60N4O6/c1-12-34-29(6)36-23-37-30(7)35(19-20-42(56)60-22-21-28(5)18-14-17-27(4)16-13-15-26(2)3)47(53-37)45-46(50(58)59-11)49(57)44-32(9)39(54-48(44)45)25-41-43(33(10)55)31(8)38(52-41)24-40(34)51-36/h12,15,17,21,23-25,30,33,35,46,53,55,57H,1,13-14,16,18-20,22H2,2-11H3. The van der Waals surface area contributed by atoms with Gasteiger partial charge in [-0.1, -0.05) is 48.5 Å². The Morgan fingerprint density at radius 3 is 2.23 bits per heavy atom. The zero-order valence-electron chi connectivity index (χ0n) is 36.9. The zero-order valence-corrected chi connectivity index (χ0v) is 36.9. The van der Waals surface area contributed by atoms with Crippen LogP contribution in [0.15, 0.2) is 154 Å². The van der Waals surface area contributed by atoms with Crippen LogP contribution >= 0.6 is 0 Å². The highest BCUT2D eigenvalue weighted by Crippen LogP contribution is 2.49. The number of aliphatic hydroxyl groups is 2. The minimum atomic E-state index is -1.13. The van der Waals surface area contributed by atoms with Crippen LogP contribution in [0.2, 0.25) is 0 Å². The molecule has 6 rings (SSSR count). The molecule has 0 aromatic heterocycles. The molecule has 0 saturated carbocycles. The fourth-order valence-electron chi connectivity index (χ4n) is 8.78. The van der Waals surface area contributed by atoms with E-state index in [9.17, 15) is 19.8 Å². The largest absolute Gasteiger partial charge is 0.510 e. The number of ether oxygens (including phenoxy) is 2. The van der Waals surface area contributed by atoms with Gasteiger partial charge in [0.2, 0.25) is 0 Å². The number of aliphatic hydroxyl groups excluding tert-OH is 2. The SMILES string of the molecule is C=CC1=C(C)C2=NC1=CC1=NC(=CC3=C(C)C4=C(O)C(C(=O)OC)C(=C5NC(=C2)C(C)C5CCC(=O)OCC=C(C)CCC=C(C)CCC=C(C)C)C4=N3)C(C(C)O)=C1C. The molecule has 3 N–H and O–H groups in total. The third-order valence-corrected chi connectivity index (χ3v) is 12.3. The number of methoxy groups -OCH3 is 1. The van der Waals surface area contributed by atoms with E-state index in [1.54, 1.807) is 13.0 Å². The monoisotopic (exact) mass is 812 g/mol. The lowest BCUT2D eigenvalue weighted by atomic mass is 9.84. The molecule has 0 radical (unpaired) electrons. The van der Waals surface area contributed by atoms with Crippen LogP contribution in [0.1, 0.15) is 101 Å². The predicted molar refractivity (Wildman–Crippen MR) is 240 cm³/mol. The quantitative estimate of drug-likeness (QED) is 0.117. The van der Waals surface area contributed by atoms with E-state index in [0.29, 0.717) is 62.9 Å². The molecule has 5 heterocycles. The second kappa shape index (κ2) is 18.3. The van der Waals surface area contributed by atoms with E-state index in [4.69, 9.17) is 24.5 Å². The minimum absolute atomic E-state index is 0.138. The van der Waals surface area contributed by atoms with E-state index in [-0.39, 0.29) is 36.6 Å². The van der Waals surface area contributed by atoms with Gasteiger partial charge < -0.3 is 25.0 Å². The molecule has 0 amide bonds. The molecule has 0 aromatic carbocycles. The third-order valence-electron chi connectivity index (χ3n) is 12.3. The number of nitrogens with one attached hydrogen (secondary N) is 1. The number of carbonyl (C=O) groups excluding carboxylic acids is 2. The van der Waals surface area contributed by atoms with Crippen molar-refractivity contribution in [1.29, 1.82) is 0 Å². The van der Waals surface area contributed by atoms with Gasteiger partial charge >= 0.3 is 11.9 Å². The van der Waals surface area contributed by atoms with E-state index in [0.717, 1.165) is 53.8 Å². The second-order valence-electron chi connectivity index (χ2n) is 16.8. The van der Waals surface area contributed by atoms with Crippen LogP contribution in [0.5, 0.6) is 0 Å². The van der Waals surface area contributed by atoms with Gasteiger partial charge in [0.1, 0.15) is 18.3 Å². The van der Waals surface area contributed by atoms with Crippen molar-refractivity contribution in [3.63, 3.8) is 0 Å². The number of nitrogens with zero attached hydrogens (tertiary/aromatic N) is 3. The highest BCUT2D eigenvalue weighted by atomic mass is 16.5. The molecule has 1 fully saturated rings. The van der Waals surface area contributed by atoms with Crippen LogP contribution in [0.3, 0.4) is 0 Å². The van der Waals surface area contributed by atoms with Gasteiger partial charge in [0.15, 0.2) is 0 Å². The maximum atomic E-state index is 13.6. The van der Waals surface area contributed by atoms with Crippen LogP contribution < -0.4 is 5.32 Å². The van der Waals surface area contributed by atoms with Gasteiger partial charge in [-0.2, -0.15) is 0 Å². The molecular weight excluding hydrogens is 753 g/mol. The Balaban J connectivity index is 1.34. The molecule has 316 valence electrons. The van der Waals surface area contributed by atoms with Crippen molar-refractivity contribution in [1.82, 2.24) is 5.32 Å². The van der Waals surface area contributed by atoms with Crippen molar-refractivity contribution in [3.05, 3.63) is 139 Å². The van der Waals surface area contributed by atoms with Gasteiger partial charge in [0.05, 0.1) is 47.4 Å². The van der Waals surface area contributed by atoms with Crippen LogP contribution in [0.4, 0.5) is 0 Å². The molecule has 1 saturated heterocycles. The van der Waals surface area contributed by atoms with Crippen molar-refractivity contribution in [3.8, 4) is 0 Å². The summed E-state index contributed by atoms with van der Waals surface area (Å²) in [5, 5.41) is 26.5. The Morgan fingerprint density at radius 1 is 0.900 bits per heavy atom. The average Bonchev–Trinajstić information content (AvgIpc) is 3.94. The fraction of sp³-hybridized carbons (Fsp3) is 0.420. The Labute approximate surface area is 355 Å². The lowest BCUT2D eigenvalue weighted by Gasteiger charge is -2.20. The number of allylic oxidation sites excluding steroid dienone is 15. The molecule has 60 heavy (non-hydrogen) atoms. The van der Waals surface area contributed by atoms with Crippen LogP contribution in [-0.2, 0) is 19.1 Å². The van der Waals surface area contributed by atoms with Crippen LogP contribution in [-0.4, -0.2) is 59.1 Å². The highest BCUT2D eigenvalue weighted by Gasteiger charge is 2.49. The minimum Gasteiger partial charge on any atom is -0.510 e. The van der Waals surface area contributed by atoms with Gasteiger partial charge in [-0.25, -0.2) is 15.0 Å². The first-order chi connectivity index (χ1) is 28.6. The van der Waals surface area contributed by atoms with E-state index < -0.39 is 18.0 Å². The first kappa shape index (κ1) is 44.0. The summed E-state index contributed by atoms with van der Waals surface area (Å²) in [7, 11) is 1.30. The van der Waals surface area contributed by atoms with Crippen molar-refractivity contribution in [2.75, 3.05) is 13.7 Å². The van der Waals surface area contributed by atoms with Crippen molar-refractivity contribution >= 4 is 29.1 Å². The Morgan fingerprint density at radius 2 is 1.57 bits per heavy atom. The van der Waals surface area contributed by atoms with Crippen molar-refractivity contribution in [2.24, 2.45) is 32.7 Å². The van der Waals surface area contributed by atoms with Crippen molar-refractivity contribution in [2.45, 2.75) is 107 Å². The predicted octanol–water partition coefficient (Wildman–Crippen LogP) is 9.96. The number of hydrogen-bond donors (Lipinski definition) is 3. The lowest BCUT2D eigenvalue weighted by Crippen LogP contribution is -2.25. The summed E-state index contributed by atoms with van der Waals surface area (Å²) in [4.78, 5) is 42.0. The first-order valence-corrected chi connectivity index (χ1v) is 21.0. The van der Waals surface area contributed by atoms with E-state index >= 15 is 0 Å². The summed E-state index contributed by atoms with van der Waals surface area (Å²) in [6.07, 6.45) is 17.8. The Hall–Kier alpha value is -5.61. The molecule has 4 unspecified atom stereocenters. The molecule has 8 bridgehead atoms. The summed E-state index contributed by atoms with van der Waals surface area (Å²) < 4.78 is 11.0. The van der Waals surface area contributed by atoms with E-state index in [1.807, 2.05) is 45.1 Å². The molecule has 10 heteroatoms. The maximum absolute atomic E-state index is 13.6. The average molecular weight is 813 g/mol.